The minimum atomic E-state index is -5.56. The average Bonchev–Trinajstić information content (AvgIpc) is 3.14. The molecule has 4 rings (SSSR count). The third-order valence-corrected chi connectivity index (χ3v) is 12.5. The van der Waals surface area contributed by atoms with Crippen molar-refractivity contribution in [2.45, 2.75) is 122 Å². The van der Waals surface area contributed by atoms with Gasteiger partial charge in [-0.15, -0.1) is 0 Å². The summed E-state index contributed by atoms with van der Waals surface area (Å²) in [6.07, 6.45) is 1.55. The first-order chi connectivity index (χ1) is 18.2. The lowest BCUT2D eigenvalue weighted by Gasteiger charge is -2.62. The van der Waals surface area contributed by atoms with Gasteiger partial charge in [-0.2, -0.15) is 22.0 Å². The van der Waals surface area contributed by atoms with E-state index in [1.165, 1.54) is 0 Å². The van der Waals surface area contributed by atoms with Gasteiger partial charge in [0.25, 0.3) is 0 Å². The molecule has 0 spiro atoms. The van der Waals surface area contributed by atoms with Gasteiger partial charge in [0.1, 0.15) is 5.78 Å². The summed E-state index contributed by atoms with van der Waals surface area (Å²) >= 11 is 0. The van der Waals surface area contributed by atoms with E-state index in [4.69, 9.17) is 4.74 Å². The highest BCUT2D eigenvalue weighted by Gasteiger charge is 2.63. The molecule has 0 heterocycles. The number of carbonyl (C=O) groups excluding carboxylic acids is 1. The van der Waals surface area contributed by atoms with E-state index in [1.807, 2.05) is 0 Å². The summed E-state index contributed by atoms with van der Waals surface area (Å²) in [7, 11) is -1.42. The fourth-order valence-electron chi connectivity index (χ4n) is 8.74. The molecule has 10 heteroatoms. The molecule has 4 saturated carbocycles. The van der Waals surface area contributed by atoms with E-state index in [0.717, 1.165) is 51.4 Å². The average molecular weight is 585 g/mol. The molecule has 1 N–H and O–H groups in total. The summed E-state index contributed by atoms with van der Waals surface area (Å²) in [5.74, 6) is -2.49. The number of rotatable bonds is 11. The van der Waals surface area contributed by atoms with Crippen LogP contribution in [0, 0.1) is 34.5 Å². The molecular formula is C29H45F5O4S. The lowest BCUT2D eigenvalue weighted by Crippen LogP contribution is -2.60. The Morgan fingerprint density at radius 3 is 2.41 bits per heavy atom. The molecule has 9 atom stereocenters. The number of fused-ring (bicyclic) bond motifs is 5. The smallest absolute Gasteiger partial charge is 0.393 e. The first-order valence-electron chi connectivity index (χ1n) is 14.8. The number of aliphatic hydroxyl groups is 1. The molecule has 4 nitrogen and oxygen atoms in total. The van der Waals surface area contributed by atoms with Gasteiger partial charge in [0.2, 0.25) is 0 Å². The zero-order valence-corrected chi connectivity index (χ0v) is 24.1. The van der Waals surface area contributed by atoms with E-state index in [9.17, 15) is 36.1 Å². The van der Waals surface area contributed by atoms with E-state index in [-0.39, 0.29) is 34.5 Å². The van der Waals surface area contributed by atoms with Gasteiger partial charge in [-0.05, 0) is 92.3 Å². The Hall–Kier alpha value is -0.610. The molecule has 0 aromatic rings. The van der Waals surface area contributed by atoms with Crippen molar-refractivity contribution >= 4 is 16.6 Å². The van der Waals surface area contributed by atoms with Gasteiger partial charge >= 0.3 is 12.1 Å². The summed E-state index contributed by atoms with van der Waals surface area (Å²) in [5, 5.41) is 10.9. The second kappa shape index (κ2) is 11.9. The number of Topliss-reactive ketones (excluding diaryl/α,β-unsaturated/α-hetero) is 1. The normalized spacial score (nSPS) is 39.6. The Labute approximate surface area is 231 Å². The molecule has 0 amide bonds. The van der Waals surface area contributed by atoms with Crippen molar-refractivity contribution in [2.24, 2.45) is 34.5 Å². The zero-order chi connectivity index (χ0) is 28.6. The van der Waals surface area contributed by atoms with Gasteiger partial charge in [-0.1, -0.05) is 20.3 Å². The maximum atomic E-state index is 13.0. The van der Waals surface area contributed by atoms with Crippen LogP contribution in [0.4, 0.5) is 22.0 Å². The van der Waals surface area contributed by atoms with Crippen molar-refractivity contribution in [2.75, 3.05) is 18.1 Å². The van der Waals surface area contributed by atoms with E-state index in [2.05, 4.69) is 13.8 Å². The lowest BCUT2D eigenvalue weighted by molar-refractivity contribution is -0.284. The standard InChI is InChI=1S/C29H45F5O4S/c1-26-13-11-20(35)17-19(26)7-8-21-22-9-10-24(36)27(22,2)18-23(25(21)26)38-14-4-3-5-15-39(37)16-6-12-28(30,31)29(32,33)34/h19,21-25,36H,3-18H2,1-2H3/t19-,21-,22-,23-,24-,25+,26-,27-,39?/m0/s1. The second-order valence-corrected chi connectivity index (χ2v) is 14.9. The predicted molar refractivity (Wildman–Crippen MR) is 140 cm³/mol. The van der Waals surface area contributed by atoms with Crippen molar-refractivity contribution in [3.63, 3.8) is 0 Å². The van der Waals surface area contributed by atoms with Gasteiger partial charge in [0, 0.05) is 48.2 Å². The molecule has 4 aliphatic rings. The molecule has 1 unspecified atom stereocenters. The number of halogens is 5. The summed E-state index contributed by atoms with van der Waals surface area (Å²) < 4.78 is 81.5. The van der Waals surface area contributed by atoms with Crippen LogP contribution in [0.1, 0.15) is 97.3 Å². The van der Waals surface area contributed by atoms with E-state index >= 15 is 0 Å². The summed E-state index contributed by atoms with van der Waals surface area (Å²) in [4.78, 5) is 12.3. The highest BCUT2D eigenvalue weighted by atomic mass is 32.2. The molecule has 39 heavy (non-hydrogen) atoms. The molecule has 4 aliphatic carbocycles. The number of hydrogen-bond donors (Lipinski definition) is 1. The molecule has 0 aromatic heterocycles. The highest BCUT2D eigenvalue weighted by Crippen LogP contribution is 2.66. The predicted octanol–water partition coefficient (Wildman–Crippen LogP) is 6.85. The van der Waals surface area contributed by atoms with Gasteiger partial charge in [-0.25, -0.2) is 0 Å². The Balaban J connectivity index is 1.27. The maximum absolute atomic E-state index is 13.0. The number of hydrogen-bond acceptors (Lipinski definition) is 4. The number of alkyl halides is 5. The Morgan fingerprint density at radius 2 is 1.69 bits per heavy atom. The molecule has 0 aliphatic heterocycles. The fraction of sp³-hybridized carbons (Fsp3) is 0.966. The van der Waals surface area contributed by atoms with Crippen LogP contribution in [-0.4, -0.2) is 57.5 Å². The number of ketones is 1. The van der Waals surface area contributed by atoms with Crippen molar-refractivity contribution in [3.8, 4) is 0 Å². The van der Waals surface area contributed by atoms with Crippen LogP contribution in [0.3, 0.4) is 0 Å². The van der Waals surface area contributed by atoms with Crippen molar-refractivity contribution in [1.29, 1.82) is 0 Å². The van der Waals surface area contributed by atoms with Gasteiger partial charge in [0.05, 0.1) is 12.2 Å². The summed E-state index contributed by atoms with van der Waals surface area (Å²) in [5.41, 5.74) is -0.0878. The van der Waals surface area contributed by atoms with Crippen LogP contribution in [0.2, 0.25) is 0 Å². The second-order valence-electron chi connectivity index (χ2n) is 13.2. The van der Waals surface area contributed by atoms with E-state index in [0.29, 0.717) is 55.3 Å². The van der Waals surface area contributed by atoms with E-state index < -0.39 is 35.7 Å². The quantitative estimate of drug-likeness (QED) is 0.213. The first-order valence-corrected chi connectivity index (χ1v) is 16.3. The molecule has 4 fully saturated rings. The Morgan fingerprint density at radius 1 is 0.974 bits per heavy atom. The largest absolute Gasteiger partial charge is 0.453 e. The van der Waals surface area contributed by atoms with Crippen molar-refractivity contribution in [3.05, 3.63) is 0 Å². The third kappa shape index (κ3) is 6.42. The third-order valence-electron chi connectivity index (χ3n) is 11.0. The first kappa shape index (κ1) is 31.3. The van der Waals surface area contributed by atoms with Crippen LogP contribution >= 0.6 is 0 Å². The minimum absolute atomic E-state index is 0.0226. The van der Waals surface area contributed by atoms with Gasteiger partial charge in [-0.3, -0.25) is 9.00 Å². The van der Waals surface area contributed by atoms with Crippen molar-refractivity contribution < 1.29 is 40.8 Å². The van der Waals surface area contributed by atoms with Crippen LogP contribution < -0.4 is 0 Å². The van der Waals surface area contributed by atoms with Crippen LogP contribution in [-0.2, 0) is 20.3 Å². The Kier molecular flexibility index (Phi) is 9.59. The van der Waals surface area contributed by atoms with Crippen LogP contribution in [0.25, 0.3) is 0 Å². The van der Waals surface area contributed by atoms with Gasteiger partial charge < -0.3 is 9.84 Å². The number of ether oxygens (including phenoxy) is 1. The number of aliphatic hydroxyl groups excluding tert-OH is 1. The topological polar surface area (TPSA) is 63.6 Å². The molecule has 0 saturated heterocycles. The highest BCUT2D eigenvalue weighted by molar-refractivity contribution is 7.84. The molecule has 0 aromatic carbocycles. The molecule has 0 bridgehead atoms. The summed E-state index contributed by atoms with van der Waals surface area (Å²) in [6, 6.07) is 0. The summed E-state index contributed by atoms with van der Waals surface area (Å²) in [6.45, 7) is 5.13. The number of unbranched alkanes of at least 4 members (excludes halogenated alkanes) is 2. The maximum Gasteiger partial charge on any atom is 0.453 e. The molecule has 226 valence electrons. The monoisotopic (exact) mass is 584 g/mol. The van der Waals surface area contributed by atoms with Crippen LogP contribution in [0.5, 0.6) is 0 Å². The minimum Gasteiger partial charge on any atom is -0.393 e. The SMILES string of the molecule is C[C@]12CCC(=O)C[C@@H]1CC[C@@H]1[C@@H]2[C@@H](OCCCCCS(=O)CCCC(F)(F)C(F)(F)F)C[C@]2(C)[C@@H](O)CC[C@@H]12. The fourth-order valence-corrected chi connectivity index (χ4v) is 9.94. The van der Waals surface area contributed by atoms with Crippen molar-refractivity contribution in [1.82, 2.24) is 0 Å². The molecular weight excluding hydrogens is 539 g/mol. The Bertz CT molecular complexity index is 897. The number of carbonyl (C=O) groups is 1. The van der Waals surface area contributed by atoms with Crippen LogP contribution in [0.15, 0.2) is 0 Å². The lowest BCUT2D eigenvalue weighted by atomic mass is 9.44. The zero-order valence-electron chi connectivity index (χ0n) is 23.2. The van der Waals surface area contributed by atoms with E-state index in [1.54, 1.807) is 0 Å². The molecule has 0 radical (unpaired) electrons. The van der Waals surface area contributed by atoms with Gasteiger partial charge in [0.15, 0.2) is 0 Å².